The molecular formula is C13H24N4S. The minimum Gasteiger partial charge on any atom is -0.310 e. The van der Waals surface area contributed by atoms with Gasteiger partial charge in [-0.1, -0.05) is 25.3 Å². The van der Waals surface area contributed by atoms with Crippen LogP contribution in [-0.4, -0.2) is 40.7 Å². The van der Waals surface area contributed by atoms with Crippen LogP contribution in [0.2, 0.25) is 0 Å². The van der Waals surface area contributed by atoms with E-state index >= 15 is 0 Å². The van der Waals surface area contributed by atoms with Gasteiger partial charge in [-0.25, -0.2) is 0 Å². The van der Waals surface area contributed by atoms with E-state index in [9.17, 15) is 0 Å². The summed E-state index contributed by atoms with van der Waals surface area (Å²) in [6.07, 6.45) is 2.74. The Bertz CT molecular complexity index is 363. The number of nitrogens with one attached hydrogen (secondary N) is 1. The summed E-state index contributed by atoms with van der Waals surface area (Å²) in [4.78, 5) is 3.81. The third-order valence-electron chi connectivity index (χ3n) is 3.36. The highest BCUT2D eigenvalue weighted by Gasteiger charge is 2.21. The third-order valence-corrected chi connectivity index (χ3v) is 4.08. The first-order chi connectivity index (χ1) is 8.57. The van der Waals surface area contributed by atoms with Crippen LogP contribution in [0.4, 0.5) is 0 Å². The molecule has 0 spiro atoms. The number of hydrogen-bond donors (Lipinski definition) is 1. The second-order valence-corrected chi connectivity index (χ2v) is 6.86. The highest BCUT2D eigenvalue weighted by Crippen LogP contribution is 2.25. The van der Waals surface area contributed by atoms with E-state index < -0.39 is 0 Å². The molecule has 1 fully saturated rings. The van der Waals surface area contributed by atoms with Crippen LogP contribution in [0, 0.1) is 0 Å². The fraction of sp³-hybridized carbons (Fsp3) is 0.846. The van der Waals surface area contributed by atoms with Crippen LogP contribution in [-0.2, 0) is 12.0 Å². The quantitative estimate of drug-likeness (QED) is 0.830. The van der Waals surface area contributed by atoms with E-state index in [2.05, 4.69) is 40.6 Å². The van der Waals surface area contributed by atoms with Crippen LogP contribution in [0.3, 0.4) is 0 Å². The Balaban J connectivity index is 1.74. The number of hydrogen-bond acceptors (Lipinski definition) is 5. The lowest BCUT2D eigenvalue weighted by molar-refractivity contribution is 0.335. The van der Waals surface area contributed by atoms with Gasteiger partial charge in [-0.05, 0) is 37.5 Å². The van der Waals surface area contributed by atoms with Crippen molar-refractivity contribution in [1.29, 1.82) is 0 Å². The maximum absolute atomic E-state index is 4.26. The average Bonchev–Trinajstić information content (AvgIpc) is 2.94. The standard InChI is InChI=1S/C13H24N4S/c1-13(2,3)12-11(18-16-15-12)10-14-6-9-17-7-4-5-8-17/h14H,4-10H2,1-3H3. The number of nitrogens with zero attached hydrogens (tertiary/aromatic N) is 3. The van der Waals surface area contributed by atoms with Crippen molar-refractivity contribution in [2.45, 2.75) is 45.6 Å². The molecule has 102 valence electrons. The zero-order valence-electron chi connectivity index (χ0n) is 11.7. The summed E-state index contributed by atoms with van der Waals surface area (Å²) in [6.45, 7) is 12.2. The Morgan fingerprint density at radius 3 is 2.67 bits per heavy atom. The topological polar surface area (TPSA) is 41.1 Å². The van der Waals surface area contributed by atoms with E-state index in [0.717, 1.165) is 25.3 Å². The maximum atomic E-state index is 4.26. The monoisotopic (exact) mass is 268 g/mol. The summed E-state index contributed by atoms with van der Waals surface area (Å²) in [5, 5.41) is 7.78. The smallest absolute Gasteiger partial charge is 0.0854 e. The molecule has 1 aromatic rings. The van der Waals surface area contributed by atoms with Crippen LogP contribution < -0.4 is 5.32 Å². The Labute approximate surface area is 114 Å². The summed E-state index contributed by atoms with van der Waals surface area (Å²) in [5.41, 5.74) is 1.24. The average molecular weight is 268 g/mol. The van der Waals surface area contributed by atoms with Gasteiger partial charge in [0.1, 0.15) is 0 Å². The number of likely N-dealkylation sites (tertiary alicyclic amines) is 1. The molecule has 2 heterocycles. The van der Waals surface area contributed by atoms with Gasteiger partial charge in [-0.2, -0.15) is 0 Å². The van der Waals surface area contributed by atoms with Gasteiger partial charge >= 0.3 is 0 Å². The summed E-state index contributed by atoms with van der Waals surface area (Å²) >= 11 is 1.52. The molecule has 1 aromatic heterocycles. The number of aromatic nitrogens is 2. The fourth-order valence-corrected chi connectivity index (χ4v) is 3.16. The molecule has 0 aliphatic carbocycles. The largest absolute Gasteiger partial charge is 0.310 e. The van der Waals surface area contributed by atoms with Crippen molar-refractivity contribution in [3.63, 3.8) is 0 Å². The van der Waals surface area contributed by atoms with Gasteiger partial charge in [0.25, 0.3) is 0 Å². The maximum Gasteiger partial charge on any atom is 0.0854 e. The van der Waals surface area contributed by atoms with Crippen molar-refractivity contribution in [3.8, 4) is 0 Å². The predicted octanol–water partition coefficient (Wildman–Crippen LogP) is 2.02. The summed E-state index contributed by atoms with van der Waals surface area (Å²) < 4.78 is 4.09. The molecule has 5 heteroatoms. The highest BCUT2D eigenvalue weighted by atomic mass is 32.1. The molecule has 1 aliphatic rings. The fourth-order valence-electron chi connectivity index (χ4n) is 2.34. The lowest BCUT2D eigenvalue weighted by Gasteiger charge is -2.17. The molecular weight excluding hydrogens is 244 g/mol. The Hall–Kier alpha value is -0.520. The summed E-state index contributed by atoms with van der Waals surface area (Å²) in [6, 6.07) is 0. The van der Waals surface area contributed by atoms with Gasteiger partial charge < -0.3 is 10.2 Å². The highest BCUT2D eigenvalue weighted by molar-refractivity contribution is 7.05. The Kier molecular flexibility index (Phi) is 4.70. The van der Waals surface area contributed by atoms with E-state index in [1.807, 2.05) is 0 Å². The minimum absolute atomic E-state index is 0.0962. The molecule has 1 saturated heterocycles. The van der Waals surface area contributed by atoms with E-state index in [1.54, 1.807) is 0 Å². The molecule has 4 nitrogen and oxygen atoms in total. The van der Waals surface area contributed by atoms with Gasteiger partial charge in [0.2, 0.25) is 0 Å². The van der Waals surface area contributed by atoms with E-state index in [0.29, 0.717) is 0 Å². The molecule has 0 saturated carbocycles. The van der Waals surface area contributed by atoms with Crippen molar-refractivity contribution < 1.29 is 0 Å². The lowest BCUT2D eigenvalue weighted by atomic mass is 9.91. The summed E-state index contributed by atoms with van der Waals surface area (Å²) in [5.74, 6) is 0. The Morgan fingerprint density at radius 2 is 2.00 bits per heavy atom. The predicted molar refractivity (Wildman–Crippen MR) is 76.0 cm³/mol. The molecule has 2 rings (SSSR count). The molecule has 18 heavy (non-hydrogen) atoms. The second-order valence-electron chi connectivity index (χ2n) is 6.02. The van der Waals surface area contributed by atoms with Crippen molar-refractivity contribution in [2.24, 2.45) is 0 Å². The molecule has 1 aliphatic heterocycles. The van der Waals surface area contributed by atoms with Crippen LogP contribution in [0.15, 0.2) is 0 Å². The van der Waals surface area contributed by atoms with Crippen molar-refractivity contribution in [2.75, 3.05) is 26.2 Å². The summed E-state index contributed by atoms with van der Waals surface area (Å²) in [7, 11) is 0. The van der Waals surface area contributed by atoms with E-state index in [4.69, 9.17) is 0 Å². The zero-order valence-corrected chi connectivity index (χ0v) is 12.5. The SMILES string of the molecule is CC(C)(C)c1nnsc1CNCCN1CCCC1. The first kappa shape index (κ1) is 13.9. The van der Waals surface area contributed by atoms with Gasteiger partial charge in [-0.15, -0.1) is 5.10 Å². The zero-order chi connectivity index (χ0) is 13.0. The van der Waals surface area contributed by atoms with Crippen molar-refractivity contribution >= 4 is 11.5 Å². The Morgan fingerprint density at radius 1 is 1.28 bits per heavy atom. The van der Waals surface area contributed by atoms with Crippen molar-refractivity contribution in [3.05, 3.63) is 10.6 Å². The first-order valence-corrected chi connectivity index (χ1v) is 7.59. The molecule has 0 aromatic carbocycles. The van der Waals surface area contributed by atoms with Crippen LogP contribution >= 0.6 is 11.5 Å². The van der Waals surface area contributed by atoms with Crippen LogP contribution in [0.25, 0.3) is 0 Å². The van der Waals surface area contributed by atoms with Gasteiger partial charge in [-0.3, -0.25) is 0 Å². The van der Waals surface area contributed by atoms with E-state index in [1.165, 1.54) is 42.3 Å². The minimum atomic E-state index is 0.0962. The normalized spacial score (nSPS) is 17.5. The second kappa shape index (κ2) is 6.08. The number of rotatable bonds is 5. The van der Waals surface area contributed by atoms with Crippen molar-refractivity contribution in [1.82, 2.24) is 19.8 Å². The van der Waals surface area contributed by atoms with Crippen LogP contribution in [0.5, 0.6) is 0 Å². The molecule has 0 bridgehead atoms. The van der Waals surface area contributed by atoms with Crippen LogP contribution in [0.1, 0.15) is 44.2 Å². The van der Waals surface area contributed by atoms with Gasteiger partial charge in [0.05, 0.1) is 10.6 Å². The van der Waals surface area contributed by atoms with E-state index in [-0.39, 0.29) is 5.41 Å². The van der Waals surface area contributed by atoms with Gasteiger partial charge in [0.15, 0.2) is 0 Å². The third kappa shape index (κ3) is 3.73. The molecule has 1 N–H and O–H groups in total. The first-order valence-electron chi connectivity index (χ1n) is 6.82. The molecule has 0 radical (unpaired) electrons. The lowest BCUT2D eigenvalue weighted by Crippen LogP contribution is -2.30. The van der Waals surface area contributed by atoms with Gasteiger partial charge in [0, 0.05) is 25.0 Å². The molecule has 0 amide bonds. The molecule has 0 atom stereocenters. The molecule has 0 unspecified atom stereocenters.